The lowest BCUT2D eigenvalue weighted by Gasteiger charge is -2.22. The number of allylic oxidation sites excluding steroid dienone is 1. The van der Waals surface area contributed by atoms with Gasteiger partial charge < -0.3 is 15.3 Å². The number of hydrogen-bond donors (Lipinski definition) is 3. The fourth-order valence-electron chi connectivity index (χ4n) is 3.06. The topological polar surface area (TPSA) is 77.8 Å². The van der Waals surface area contributed by atoms with Gasteiger partial charge >= 0.3 is 0 Å². The molecular weight excluding hydrogens is 280 g/mol. The van der Waals surface area contributed by atoms with Crippen LogP contribution in [0.25, 0.3) is 5.57 Å². The first-order valence-electron chi connectivity index (χ1n) is 7.85. The molecule has 0 unspecified atom stereocenters. The van der Waals surface area contributed by atoms with Gasteiger partial charge in [0.1, 0.15) is 22.8 Å². The highest BCUT2D eigenvalue weighted by Gasteiger charge is 2.30. The zero-order chi connectivity index (χ0) is 16.4. The summed E-state index contributed by atoms with van der Waals surface area (Å²) in [4.78, 5) is 12.7. The zero-order valence-electron chi connectivity index (χ0n) is 13.2. The molecule has 1 fully saturated rings. The van der Waals surface area contributed by atoms with E-state index in [0.717, 1.165) is 38.2 Å². The van der Waals surface area contributed by atoms with Crippen molar-refractivity contribution in [1.82, 2.24) is 0 Å². The molecule has 0 radical (unpaired) electrons. The Labute approximate surface area is 131 Å². The first-order valence-corrected chi connectivity index (χ1v) is 7.85. The molecule has 2 rings (SSSR count). The van der Waals surface area contributed by atoms with Crippen molar-refractivity contribution in [2.45, 2.75) is 46.0 Å². The van der Waals surface area contributed by atoms with Gasteiger partial charge in [-0.3, -0.25) is 4.79 Å². The van der Waals surface area contributed by atoms with Crippen molar-refractivity contribution in [3.8, 4) is 17.2 Å². The molecule has 0 saturated heterocycles. The second kappa shape index (κ2) is 6.42. The number of ketones is 1. The number of hydrogen-bond acceptors (Lipinski definition) is 4. The highest BCUT2D eigenvalue weighted by molar-refractivity contribution is 6.04. The Balaban J connectivity index is 2.49. The third kappa shape index (κ3) is 2.96. The Morgan fingerprint density at radius 1 is 1.09 bits per heavy atom. The van der Waals surface area contributed by atoms with Gasteiger partial charge in [0.05, 0.1) is 5.56 Å². The average molecular weight is 304 g/mol. The maximum Gasteiger partial charge on any atom is 0.173 e. The number of carbonyl (C=O) groups is 1. The maximum absolute atomic E-state index is 12.7. The third-order valence-electron chi connectivity index (χ3n) is 4.50. The van der Waals surface area contributed by atoms with E-state index in [1.807, 2.05) is 13.8 Å². The fourth-order valence-corrected chi connectivity index (χ4v) is 3.06. The fraction of sp³-hybridized carbons (Fsp3) is 0.500. The summed E-state index contributed by atoms with van der Waals surface area (Å²) in [5.41, 5.74) is 0.612. The molecule has 1 aliphatic rings. The van der Waals surface area contributed by atoms with Crippen molar-refractivity contribution < 1.29 is 20.1 Å². The van der Waals surface area contributed by atoms with Crippen molar-refractivity contribution in [3.05, 3.63) is 23.8 Å². The van der Waals surface area contributed by atoms with E-state index in [2.05, 4.69) is 6.58 Å². The van der Waals surface area contributed by atoms with Crippen LogP contribution in [0.4, 0.5) is 0 Å². The van der Waals surface area contributed by atoms with Gasteiger partial charge in [-0.2, -0.15) is 0 Å². The molecule has 3 N–H and O–H groups in total. The molecule has 0 heterocycles. The number of Topliss-reactive ketones (excluding diaryl/α,β-unsaturated/α-hetero) is 1. The number of phenolic OH excluding ortho intramolecular Hbond substituents is 3. The minimum absolute atomic E-state index is 0.000949. The summed E-state index contributed by atoms with van der Waals surface area (Å²) < 4.78 is 0. The summed E-state index contributed by atoms with van der Waals surface area (Å²) in [6.07, 6.45) is 4.65. The van der Waals surface area contributed by atoms with Gasteiger partial charge in [-0.15, -0.1) is 0 Å². The summed E-state index contributed by atoms with van der Waals surface area (Å²) in [5.74, 6) is -1.40. The molecule has 1 saturated carbocycles. The van der Waals surface area contributed by atoms with Crippen LogP contribution in [0.3, 0.4) is 0 Å². The highest BCUT2D eigenvalue weighted by atomic mass is 16.3. The number of benzene rings is 1. The summed E-state index contributed by atoms with van der Waals surface area (Å²) in [5, 5.41) is 30.5. The molecule has 1 aromatic carbocycles. The van der Waals surface area contributed by atoms with Crippen LogP contribution < -0.4 is 0 Å². The number of phenols is 3. The normalized spacial score (nSPS) is 16.0. The minimum Gasteiger partial charge on any atom is -0.507 e. The van der Waals surface area contributed by atoms with Crippen LogP contribution in [0.5, 0.6) is 17.2 Å². The largest absolute Gasteiger partial charge is 0.507 e. The van der Waals surface area contributed by atoms with Crippen LogP contribution in [-0.2, 0) is 0 Å². The smallest absolute Gasteiger partial charge is 0.173 e. The van der Waals surface area contributed by atoms with E-state index in [1.54, 1.807) is 0 Å². The van der Waals surface area contributed by atoms with Crippen LogP contribution in [0.1, 0.15) is 61.9 Å². The molecule has 0 amide bonds. The second-order valence-electron chi connectivity index (χ2n) is 6.39. The van der Waals surface area contributed by atoms with Crippen LogP contribution in [0, 0.1) is 11.8 Å². The minimum atomic E-state index is -0.370. The predicted octanol–water partition coefficient (Wildman–Crippen LogP) is 4.24. The molecule has 0 spiro atoms. The van der Waals surface area contributed by atoms with Crippen molar-refractivity contribution in [1.29, 1.82) is 0 Å². The molecule has 120 valence electrons. The first-order chi connectivity index (χ1) is 10.3. The van der Waals surface area contributed by atoms with Gasteiger partial charge in [0.25, 0.3) is 0 Å². The predicted molar refractivity (Wildman–Crippen MR) is 86.2 cm³/mol. The molecule has 22 heavy (non-hydrogen) atoms. The Morgan fingerprint density at radius 3 is 2.18 bits per heavy atom. The Hall–Kier alpha value is -1.97. The molecule has 1 aromatic rings. The number of rotatable bonds is 4. The summed E-state index contributed by atoms with van der Waals surface area (Å²) >= 11 is 0. The molecule has 0 aromatic heterocycles. The lowest BCUT2D eigenvalue weighted by Crippen LogP contribution is -2.18. The highest BCUT2D eigenvalue weighted by Crippen LogP contribution is 2.44. The Kier molecular flexibility index (Phi) is 4.79. The maximum atomic E-state index is 12.7. The lowest BCUT2D eigenvalue weighted by molar-refractivity contribution is 0.0883. The summed E-state index contributed by atoms with van der Waals surface area (Å²) in [7, 11) is 0. The van der Waals surface area contributed by atoms with E-state index in [1.165, 1.54) is 0 Å². The zero-order valence-corrected chi connectivity index (χ0v) is 13.2. The Morgan fingerprint density at radius 2 is 1.64 bits per heavy atom. The standard InChI is InChI=1S/C18H24O4/c1-10(2)11(3)15-13(19)9-14(20)16(18(15)22)17(21)12-7-5-4-6-8-12/h9-10,12,19-20,22H,3-8H2,1-2H3. The van der Waals surface area contributed by atoms with Gasteiger partial charge in [0.2, 0.25) is 0 Å². The van der Waals surface area contributed by atoms with Gasteiger partial charge in [-0.1, -0.05) is 39.7 Å². The molecule has 0 atom stereocenters. The SMILES string of the molecule is C=C(c1c(O)cc(O)c(C(=O)C2CCCCC2)c1O)C(C)C. The van der Waals surface area contributed by atoms with Crippen LogP contribution >= 0.6 is 0 Å². The molecule has 0 bridgehead atoms. The number of aromatic hydroxyl groups is 3. The van der Waals surface area contributed by atoms with Crippen molar-refractivity contribution in [2.24, 2.45) is 11.8 Å². The Bertz CT molecular complexity index is 596. The van der Waals surface area contributed by atoms with E-state index >= 15 is 0 Å². The van der Waals surface area contributed by atoms with E-state index in [4.69, 9.17) is 0 Å². The molecule has 4 heteroatoms. The third-order valence-corrected chi connectivity index (χ3v) is 4.50. The second-order valence-corrected chi connectivity index (χ2v) is 6.39. The van der Waals surface area contributed by atoms with Crippen molar-refractivity contribution >= 4 is 11.4 Å². The van der Waals surface area contributed by atoms with E-state index in [-0.39, 0.29) is 46.0 Å². The molecule has 4 nitrogen and oxygen atoms in total. The molecule has 1 aliphatic carbocycles. The molecule has 0 aliphatic heterocycles. The van der Waals surface area contributed by atoms with Gasteiger partial charge in [0, 0.05) is 12.0 Å². The summed E-state index contributed by atoms with van der Waals surface area (Å²) in [6, 6.07) is 1.12. The van der Waals surface area contributed by atoms with Crippen molar-refractivity contribution in [2.75, 3.05) is 0 Å². The quantitative estimate of drug-likeness (QED) is 0.727. The number of carbonyl (C=O) groups excluding carboxylic acids is 1. The van der Waals surface area contributed by atoms with E-state index in [0.29, 0.717) is 5.57 Å². The van der Waals surface area contributed by atoms with Crippen LogP contribution in [0.2, 0.25) is 0 Å². The van der Waals surface area contributed by atoms with E-state index < -0.39 is 0 Å². The average Bonchev–Trinajstić information content (AvgIpc) is 2.47. The monoisotopic (exact) mass is 304 g/mol. The van der Waals surface area contributed by atoms with Gasteiger partial charge in [-0.25, -0.2) is 0 Å². The first kappa shape index (κ1) is 16.4. The van der Waals surface area contributed by atoms with Gasteiger partial charge in [-0.05, 0) is 24.3 Å². The van der Waals surface area contributed by atoms with Crippen LogP contribution in [0.15, 0.2) is 12.6 Å². The lowest BCUT2D eigenvalue weighted by atomic mass is 9.82. The molecular formula is C18H24O4. The van der Waals surface area contributed by atoms with E-state index in [9.17, 15) is 20.1 Å². The summed E-state index contributed by atoms with van der Waals surface area (Å²) in [6.45, 7) is 7.65. The van der Waals surface area contributed by atoms with Crippen LogP contribution in [-0.4, -0.2) is 21.1 Å². The van der Waals surface area contributed by atoms with Crippen molar-refractivity contribution in [3.63, 3.8) is 0 Å². The van der Waals surface area contributed by atoms with Gasteiger partial charge in [0.15, 0.2) is 5.78 Å².